The van der Waals surface area contributed by atoms with Gasteiger partial charge in [-0.25, -0.2) is 0 Å². The minimum absolute atomic E-state index is 0.198. The molecule has 1 atom stereocenters. The molecule has 0 aromatic rings. The number of nitrogens with one attached hydrogen (secondary N) is 1. The second-order valence-electron chi connectivity index (χ2n) is 6.52. The molecule has 2 heterocycles. The minimum atomic E-state index is 0.198. The molecule has 0 aromatic heterocycles. The van der Waals surface area contributed by atoms with Crippen LogP contribution in [0.1, 0.15) is 12.8 Å². The Hall–Kier alpha value is -1.34. The van der Waals surface area contributed by atoms with Crippen LogP contribution in [-0.4, -0.2) is 100 Å². The van der Waals surface area contributed by atoms with Crippen LogP contribution in [0.25, 0.3) is 0 Å². The second kappa shape index (κ2) is 9.08. The van der Waals surface area contributed by atoms with Crippen molar-refractivity contribution in [3.8, 4) is 0 Å². The first-order valence-corrected chi connectivity index (χ1v) is 8.56. The zero-order valence-electron chi connectivity index (χ0n) is 14.8. The lowest BCUT2D eigenvalue weighted by atomic mass is 10.1. The van der Waals surface area contributed by atoms with Gasteiger partial charge in [0.15, 0.2) is 5.96 Å². The Morgan fingerprint density at radius 2 is 2.04 bits per heavy atom. The van der Waals surface area contributed by atoms with Gasteiger partial charge in [0.05, 0.1) is 6.61 Å². The highest BCUT2D eigenvalue weighted by Gasteiger charge is 2.21. The molecule has 0 radical (unpaired) electrons. The molecular formula is C16H31N5O2. The quantitative estimate of drug-likeness (QED) is 0.555. The lowest BCUT2D eigenvalue weighted by molar-refractivity contribution is -0.129. The van der Waals surface area contributed by atoms with Crippen LogP contribution < -0.4 is 5.32 Å². The van der Waals surface area contributed by atoms with Crippen molar-refractivity contribution >= 4 is 11.9 Å². The average Bonchev–Trinajstić information content (AvgIpc) is 3.07. The van der Waals surface area contributed by atoms with E-state index in [1.54, 1.807) is 4.90 Å². The number of hydrogen-bond donors (Lipinski definition) is 1. The lowest BCUT2D eigenvalue weighted by Gasteiger charge is -2.36. The summed E-state index contributed by atoms with van der Waals surface area (Å²) in [6.45, 7) is 7.39. The number of ether oxygens (including phenoxy) is 1. The van der Waals surface area contributed by atoms with Gasteiger partial charge in [-0.2, -0.15) is 0 Å². The minimum Gasteiger partial charge on any atom is -0.381 e. The number of carbonyl (C=O) groups is 1. The summed E-state index contributed by atoms with van der Waals surface area (Å²) in [5, 5.41) is 3.48. The fourth-order valence-corrected chi connectivity index (χ4v) is 2.97. The zero-order chi connectivity index (χ0) is 16.7. The van der Waals surface area contributed by atoms with Crippen LogP contribution in [0.15, 0.2) is 4.99 Å². The Kier molecular flexibility index (Phi) is 7.11. The summed E-state index contributed by atoms with van der Waals surface area (Å²) in [4.78, 5) is 22.4. The zero-order valence-corrected chi connectivity index (χ0v) is 14.8. The maximum Gasteiger partial charge on any atom is 0.223 e. The number of rotatable bonds is 5. The SMILES string of the molecule is CN=C(NCC1CCOC1)N1CCN(CCC(=O)N(C)C)CC1. The Labute approximate surface area is 139 Å². The fraction of sp³-hybridized carbons (Fsp3) is 0.875. The van der Waals surface area contributed by atoms with Crippen LogP contribution in [0.5, 0.6) is 0 Å². The van der Waals surface area contributed by atoms with Gasteiger partial charge >= 0.3 is 0 Å². The summed E-state index contributed by atoms with van der Waals surface area (Å²) >= 11 is 0. The van der Waals surface area contributed by atoms with Gasteiger partial charge in [-0.15, -0.1) is 0 Å². The van der Waals surface area contributed by atoms with E-state index in [-0.39, 0.29) is 5.91 Å². The molecule has 0 saturated carbocycles. The monoisotopic (exact) mass is 325 g/mol. The third kappa shape index (κ3) is 5.66. The lowest BCUT2D eigenvalue weighted by Crippen LogP contribution is -2.53. The number of nitrogens with zero attached hydrogens (tertiary/aromatic N) is 4. The molecule has 0 spiro atoms. The predicted molar refractivity (Wildman–Crippen MR) is 91.6 cm³/mol. The highest BCUT2D eigenvalue weighted by Crippen LogP contribution is 2.11. The molecule has 7 nitrogen and oxygen atoms in total. The van der Waals surface area contributed by atoms with Crippen LogP contribution in [0.2, 0.25) is 0 Å². The van der Waals surface area contributed by atoms with Gasteiger partial charge in [-0.3, -0.25) is 14.7 Å². The molecule has 1 unspecified atom stereocenters. The van der Waals surface area contributed by atoms with E-state index in [9.17, 15) is 4.79 Å². The first-order valence-electron chi connectivity index (χ1n) is 8.56. The molecule has 2 aliphatic rings. The van der Waals surface area contributed by atoms with Gasteiger partial charge in [0, 0.05) is 79.4 Å². The Bertz CT molecular complexity index is 399. The number of hydrogen-bond acceptors (Lipinski definition) is 4. The topological polar surface area (TPSA) is 60.4 Å². The number of aliphatic imine (C=N–C) groups is 1. The van der Waals surface area contributed by atoms with Gasteiger partial charge in [0.1, 0.15) is 0 Å². The first-order chi connectivity index (χ1) is 11.1. The highest BCUT2D eigenvalue weighted by molar-refractivity contribution is 5.80. The Morgan fingerprint density at radius 1 is 1.30 bits per heavy atom. The summed E-state index contributed by atoms with van der Waals surface area (Å²) in [6, 6.07) is 0. The van der Waals surface area contributed by atoms with Gasteiger partial charge in [-0.05, 0) is 6.42 Å². The van der Waals surface area contributed by atoms with Crippen LogP contribution in [0.4, 0.5) is 0 Å². The molecule has 2 aliphatic heterocycles. The van der Waals surface area contributed by atoms with Crippen LogP contribution in [-0.2, 0) is 9.53 Å². The van der Waals surface area contributed by atoms with Gasteiger partial charge in [0.2, 0.25) is 5.91 Å². The van der Waals surface area contributed by atoms with Crippen LogP contribution in [0, 0.1) is 5.92 Å². The van der Waals surface area contributed by atoms with Crippen molar-refractivity contribution in [2.75, 3.05) is 73.6 Å². The van der Waals surface area contributed by atoms with E-state index in [0.29, 0.717) is 12.3 Å². The van der Waals surface area contributed by atoms with E-state index < -0.39 is 0 Å². The van der Waals surface area contributed by atoms with Gasteiger partial charge < -0.3 is 19.9 Å². The van der Waals surface area contributed by atoms with E-state index in [2.05, 4.69) is 20.1 Å². The fourth-order valence-electron chi connectivity index (χ4n) is 2.97. The largest absolute Gasteiger partial charge is 0.381 e. The molecule has 1 amide bonds. The third-order valence-corrected chi connectivity index (χ3v) is 4.60. The highest BCUT2D eigenvalue weighted by atomic mass is 16.5. The van der Waals surface area contributed by atoms with Gasteiger partial charge in [0.25, 0.3) is 0 Å². The number of piperazine rings is 1. The molecule has 0 aromatic carbocycles. The van der Waals surface area contributed by atoms with Crippen molar-refractivity contribution in [2.24, 2.45) is 10.9 Å². The molecule has 2 saturated heterocycles. The Balaban J connectivity index is 1.68. The Morgan fingerprint density at radius 3 is 2.61 bits per heavy atom. The van der Waals surface area contributed by atoms with Gasteiger partial charge in [-0.1, -0.05) is 0 Å². The molecule has 2 rings (SSSR count). The normalized spacial score (nSPS) is 23.2. The second-order valence-corrected chi connectivity index (χ2v) is 6.52. The van der Waals surface area contributed by atoms with E-state index in [0.717, 1.165) is 64.9 Å². The summed E-state index contributed by atoms with van der Waals surface area (Å²) in [6.07, 6.45) is 1.74. The number of amides is 1. The number of guanidine groups is 1. The van der Waals surface area contributed by atoms with E-state index >= 15 is 0 Å². The molecule has 0 bridgehead atoms. The maximum atomic E-state index is 11.7. The smallest absolute Gasteiger partial charge is 0.223 e. The van der Waals surface area contributed by atoms with Crippen molar-refractivity contribution in [3.63, 3.8) is 0 Å². The molecule has 7 heteroatoms. The summed E-state index contributed by atoms with van der Waals surface area (Å²) < 4.78 is 5.41. The third-order valence-electron chi connectivity index (χ3n) is 4.60. The van der Waals surface area contributed by atoms with Crippen molar-refractivity contribution in [3.05, 3.63) is 0 Å². The summed E-state index contributed by atoms with van der Waals surface area (Å²) in [5.41, 5.74) is 0. The van der Waals surface area contributed by atoms with Crippen molar-refractivity contribution < 1.29 is 9.53 Å². The predicted octanol–water partition coefficient (Wildman–Crippen LogP) is -0.306. The molecule has 23 heavy (non-hydrogen) atoms. The average molecular weight is 325 g/mol. The van der Waals surface area contributed by atoms with Crippen molar-refractivity contribution in [1.82, 2.24) is 20.0 Å². The van der Waals surface area contributed by atoms with Crippen molar-refractivity contribution in [2.45, 2.75) is 12.8 Å². The van der Waals surface area contributed by atoms with E-state index in [4.69, 9.17) is 4.74 Å². The first kappa shape index (κ1) is 18.0. The molecule has 2 fully saturated rings. The van der Waals surface area contributed by atoms with Crippen LogP contribution in [0.3, 0.4) is 0 Å². The molecule has 0 aliphatic carbocycles. The number of carbonyl (C=O) groups excluding carboxylic acids is 1. The van der Waals surface area contributed by atoms with Crippen LogP contribution >= 0.6 is 0 Å². The van der Waals surface area contributed by atoms with E-state index in [1.807, 2.05) is 21.1 Å². The molecular weight excluding hydrogens is 294 g/mol. The standard InChI is InChI=1S/C16H31N5O2/c1-17-16(18-12-14-5-11-23-13-14)21-9-7-20(8-10-21)6-4-15(22)19(2)3/h14H,4-13H2,1-3H3,(H,17,18). The van der Waals surface area contributed by atoms with E-state index in [1.165, 1.54) is 0 Å². The summed E-state index contributed by atoms with van der Waals surface area (Å²) in [7, 11) is 5.46. The molecule has 132 valence electrons. The molecule has 1 N–H and O–H groups in total. The van der Waals surface area contributed by atoms with Crippen molar-refractivity contribution in [1.29, 1.82) is 0 Å². The summed E-state index contributed by atoms with van der Waals surface area (Å²) in [5.74, 6) is 1.79. The maximum absolute atomic E-state index is 11.7.